The van der Waals surface area contributed by atoms with E-state index >= 15 is 0 Å². The van der Waals surface area contributed by atoms with Crippen LogP contribution >= 0.6 is 11.3 Å². The largest absolute Gasteiger partial charge is 0.336 e. The van der Waals surface area contributed by atoms with Crippen LogP contribution in [0.25, 0.3) is 10.8 Å². The molecule has 1 saturated heterocycles. The Hall–Kier alpha value is -2.08. The average molecular weight is 371 g/mol. The molecule has 0 bridgehead atoms. The molecule has 2 aromatic rings. The van der Waals surface area contributed by atoms with Crippen LogP contribution in [-0.2, 0) is 11.3 Å². The van der Waals surface area contributed by atoms with Crippen LogP contribution in [0.4, 0.5) is 0 Å². The van der Waals surface area contributed by atoms with E-state index in [4.69, 9.17) is 0 Å². The first-order valence-electron chi connectivity index (χ1n) is 9.08. The van der Waals surface area contributed by atoms with Gasteiger partial charge in [-0.05, 0) is 44.6 Å². The number of hydrogen-bond donors (Lipinski definition) is 0. The number of carbonyl (C=O) groups is 1. The van der Waals surface area contributed by atoms with Gasteiger partial charge in [-0.15, -0.1) is 11.3 Å². The number of aromatic nitrogens is 3. The lowest BCUT2D eigenvalue weighted by Gasteiger charge is -2.40. The second-order valence-electron chi connectivity index (χ2n) is 7.60. The molecule has 0 unspecified atom stereocenters. The van der Waals surface area contributed by atoms with Crippen molar-refractivity contribution in [3.8, 4) is 10.8 Å². The molecule has 26 heavy (non-hydrogen) atoms. The standard InChI is InChI=1S/C20H26N4OS/c1-15(2)6-4-8-20(3)9-7-17(25)24(14-20)12-16-13-26-19(23-16)18-21-10-5-11-22-18/h5-6,10-11,13H,4,7-9,12,14H2,1-3H3/t20-/m0/s1. The maximum absolute atomic E-state index is 12.4. The van der Waals surface area contributed by atoms with E-state index in [9.17, 15) is 4.79 Å². The first kappa shape index (κ1) is 18.7. The Kier molecular flexibility index (Phi) is 5.81. The molecule has 5 nitrogen and oxygen atoms in total. The summed E-state index contributed by atoms with van der Waals surface area (Å²) < 4.78 is 0. The number of rotatable bonds is 6. The number of nitrogens with zero attached hydrogens (tertiary/aromatic N) is 4. The Labute approximate surface area is 159 Å². The third-order valence-corrected chi connectivity index (χ3v) is 5.72. The summed E-state index contributed by atoms with van der Waals surface area (Å²) in [5, 5.41) is 2.81. The normalized spacial score (nSPS) is 20.3. The van der Waals surface area contributed by atoms with Gasteiger partial charge in [0.15, 0.2) is 10.8 Å². The van der Waals surface area contributed by atoms with E-state index < -0.39 is 0 Å². The summed E-state index contributed by atoms with van der Waals surface area (Å²) in [6, 6.07) is 1.79. The van der Waals surface area contributed by atoms with Gasteiger partial charge >= 0.3 is 0 Å². The van der Waals surface area contributed by atoms with Gasteiger partial charge in [0.2, 0.25) is 5.91 Å². The lowest BCUT2D eigenvalue weighted by atomic mass is 9.77. The van der Waals surface area contributed by atoms with Gasteiger partial charge in [-0.2, -0.15) is 0 Å². The summed E-state index contributed by atoms with van der Waals surface area (Å²) in [5.74, 6) is 0.871. The number of allylic oxidation sites excluding steroid dienone is 2. The van der Waals surface area contributed by atoms with E-state index in [2.05, 4.69) is 41.8 Å². The molecule has 6 heteroatoms. The quantitative estimate of drug-likeness (QED) is 0.704. The van der Waals surface area contributed by atoms with Crippen molar-refractivity contribution in [3.05, 3.63) is 41.2 Å². The van der Waals surface area contributed by atoms with Gasteiger partial charge in [-0.25, -0.2) is 15.0 Å². The van der Waals surface area contributed by atoms with Gasteiger partial charge in [-0.3, -0.25) is 4.79 Å². The van der Waals surface area contributed by atoms with E-state index in [0.29, 0.717) is 18.8 Å². The Morgan fingerprint density at radius 3 is 2.85 bits per heavy atom. The van der Waals surface area contributed by atoms with Crippen LogP contribution in [0, 0.1) is 5.41 Å². The van der Waals surface area contributed by atoms with Crippen LogP contribution in [0.5, 0.6) is 0 Å². The topological polar surface area (TPSA) is 59.0 Å². The number of thiazole rings is 1. The molecule has 0 aromatic carbocycles. The second-order valence-corrected chi connectivity index (χ2v) is 8.46. The van der Waals surface area contributed by atoms with Crippen LogP contribution in [0.3, 0.4) is 0 Å². The molecule has 3 rings (SSSR count). The van der Waals surface area contributed by atoms with Gasteiger partial charge in [0, 0.05) is 30.7 Å². The minimum absolute atomic E-state index is 0.182. The number of hydrogen-bond acceptors (Lipinski definition) is 5. The zero-order valence-corrected chi connectivity index (χ0v) is 16.6. The molecule has 0 N–H and O–H groups in total. The highest BCUT2D eigenvalue weighted by molar-refractivity contribution is 7.13. The van der Waals surface area contributed by atoms with Crippen molar-refractivity contribution in [2.24, 2.45) is 5.41 Å². The number of amides is 1. The Balaban J connectivity index is 1.65. The molecule has 0 saturated carbocycles. The third kappa shape index (κ3) is 4.75. The summed E-state index contributed by atoms with van der Waals surface area (Å²) in [6.07, 6.45) is 9.52. The molecule has 0 spiro atoms. The zero-order valence-electron chi connectivity index (χ0n) is 15.7. The van der Waals surface area contributed by atoms with E-state index in [1.807, 2.05) is 10.3 Å². The number of carbonyl (C=O) groups excluding carboxylic acids is 1. The summed E-state index contributed by atoms with van der Waals surface area (Å²) in [5.41, 5.74) is 2.45. The fourth-order valence-electron chi connectivity index (χ4n) is 3.34. The highest BCUT2D eigenvalue weighted by atomic mass is 32.1. The van der Waals surface area contributed by atoms with Crippen molar-refractivity contribution in [1.82, 2.24) is 19.9 Å². The molecule has 1 amide bonds. The minimum atomic E-state index is 0.182. The molecular formula is C20H26N4OS. The fourth-order valence-corrected chi connectivity index (χ4v) is 4.10. The maximum atomic E-state index is 12.4. The lowest BCUT2D eigenvalue weighted by molar-refractivity contribution is -0.138. The van der Waals surface area contributed by atoms with Crippen LogP contribution in [-0.4, -0.2) is 32.3 Å². The molecule has 0 aliphatic carbocycles. The van der Waals surface area contributed by atoms with Crippen molar-refractivity contribution < 1.29 is 4.79 Å². The van der Waals surface area contributed by atoms with Crippen molar-refractivity contribution >= 4 is 17.2 Å². The molecule has 1 aliphatic rings. The lowest BCUT2D eigenvalue weighted by Crippen LogP contribution is -2.44. The molecule has 3 heterocycles. The summed E-state index contributed by atoms with van der Waals surface area (Å²) >= 11 is 1.53. The molecule has 1 aliphatic heterocycles. The Morgan fingerprint density at radius 1 is 1.35 bits per heavy atom. The molecule has 138 valence electrons. The zero-order chi connectivity index (χ0) is 18.6. The minimum Gasteiger partial charge on any atom is -0.336 e. The summed E-state index contributed by atoms with van der Waals surface area (Å²) in [6.45, 7) is 7.94. The fraction of sp³-hybridized carbons (Fsp3) is 0.500. The SMILES string of the molecule is CC(C)=CCC[C@@]1(C)CCC(=O)N(Cc2csc(-c3ncccn3)n2)C1. The van der Waals surface area contributed by atoms with Crippen LogP contribution in [0.1, 0.15) is 52.1 Å². The van der Waals surface area contributed by atoms with E-state index in [-0.39, 0.29) is 11.3 Å². The van der Waals surface area contributed by atoms with Crippen LogP contribution in [0.2, 0.25) is 0 Å². The summed E-state index contributed by atoms with van der Waals surface area (Å²) in [7, 11) is 0. The van der Waals surface area contributed by atoms with Gasteiger partial charge in [0.25, 0.3) is 0 Å². The van der Waals surface area contributed by atoms with Crippen LogP contribution in [0.15, 0.2) is 35.5 Å². The highest BCUT2D eigenvalue weighted by Gasteiger charge is 2.34. The molecule has 1 fully saturated rings. The third-order valence-electron chi connectivity index (χ3n) is 4.83. The summed E-state index contributed by atoms with van der Waals surface area (Å²) in [4.78, 5) is 27.5. The Morgan fingerprint density at radius 2 is 2.12 bits per heavy atom. The average Bonchev–Trinajstić information content (AvgIpc) is 3.07. The first-order chi connectivity index (χ1) is 12.5. The van der Waals surface area contributed by atoms with Crippen LogP contribution < -0.4 is 0 Å². The van der Waals surface area contributed by atoms with E-state index in [1.54, 1.807) is 18.5 Å². The molecule has 0 radical (unpaired) electrons. The molecule has 2 aromatic heterocycles. The molecular weight excluding hydrogens is 344 g/mol. The van der Waals surface area contributed by atoms with Gasteiger partial charge in [0.1, 0.15) is 0 Å². The second kappa shape index (κ2) is 8.08. The van der Waals surface area contributed by atoms with Crippen molar-refractivity contribution in [2.45, 2.75) is 53.0 Å². The van der Waals surface area contributed by atoms with Crippen molar-refractivity contribution in [3.63, 3.8) is 0 Å². The van der Waals surface area contributed by atoms with E-state index in [0.717, 1.165) is 36.5 Å². The van der Waals surface area contributed by atoms with Gasteiger partial charge in [0.05, 0.1) is 12.2 Å². The monoisotopic (exact) mass is 370 g/mol. The molecule has 1 atom stereocenters. The maximum Gasteiger partial charge on any atom is 0.222 e. The Bertz CT molecular complexity index is 782. The van der Waals surface area contributed by atoms with Gasteiger partial charge < -0.3 is 4.90 Å². The predicted octanol–water partition coefficient (Wildman–Crippen LogP) is 4.48. The first-order valence-corrected chi connectivity index (χ1v) is 9.96. The van der Waals surface area contributed by atoms with Crippen molar-refractivity contribution in [2.75, 3.05) is 6.54 Å². The number of piperidine rings is 1. The highest BCUT2D eigenvalue weighted by Crippen LogP contribution is 2.35. The smallest absolute Gasteiger partial charge is 0.222 e. The van der Waals surface area contributed by atoms with E-state index in [1.165, 1.54) is 16.9 Å². The van der Waals surface area contributed by atoms with Crippen molar-refractivity contribution in [1.29, 1.82) is 0 Å². The predicted molar refractivity (Wildman–Crippen MR) is 105 cm³/mol. The van der Waals surface area contributed by atoms with Gasteiger partial charge in [-0.1, -0.05) is 18.6 Å². The number of likely N-dealkylation sites (tertiary alicyclic amines) is 1.